The van der Waals surface area contributed by atoms with E-state index in [0.29, 0.717) is 0 Å². The molecule has 11 heteroatoms. The smallest absolute Gasteiger partial charge is 0.308 e. The molecule has 0 radical (unpaired) electrons. The minimum atomic E-state index is -2.72. The third-order valence-corrected chi connectivity index (χ3v) is 3.38. The number of hydrogen-bond donors (Lipinski definition) is 3. The van der Waals surface area contributed by atoms with Gasteiger partial charge in [0.15, 0.2) is 0 Å². The quantitative estimate of drug-likeness (QED) is 0.368. The predicted octanol–water partition coefficient (Wildman–Crippen LogP) is -3.26. The molecule has 0 saturated carbocycles. The topological polar surface area (TPSA) is 168 Å². The Kier molecular flexibility index (Phi) is 8.97. The standard InChI is InChI=1S/C12H20N3O7P/c1-6(10(17)14-7(2)12(19)20)13-11(18)9(15-8(3)16)4-5-23(21)22/h6-7,9H,4-5H2,1-3H3,(H,13,18)(H,14,17)(H,15,16)(H,19,20)/p-1/t6-,7-,9-/m0/s1. The van der Waals surface area contributed by atoms with E-state index in [2.05, 4.69) is 16.0 Å². The summed E-state index contributed by atoms with van der Waals surface area (Å²) in [5.74, 6) is -3.52. The summed E-state index contributed by atoms with van der Waals surface area (Å²) in [5.41, 5.74) is 0. The van der Waals surface area contributed by atoms with Crippen LogP contribution < -0.4 is 26.0 Å². The van der Waals surface area contributed by atoms with Crippen LogP contribution in [0.3, 0.4) is 0 Å². The Hall–Kier alpha value is -2.06. The summed E-state index contributed by atoms with van der Waals surface area (Å²) in [4.78, 5) is 55.9. The minimum absolute atomic E-state index is 0.145. The molecular formula is C12H19N3O7P-. The van der Waals surface area contributed by atoms with E-state index < -0.39 is 49.8 Å². The molecule has 0 bridgehead atoms. The van der Waals surface area contributed by atoms with E-state index in [1.165, 1.54) is 13.8 Å². The predicted molar refractivity (Wildman–Crippen MR) is 74.9 cm³/mol. The molecule has 1 unspecified atom stereocenters. The second-order valence-electron chi connectivity index (χ2n) is 4.88. The van der Waals surface area contributed by atoms with Gasteiger partial charge in [0.1, 0.15) is 18.2 Å². The number of hydrogen-bond acceptors (Lipinski definition) is 7. The van der Waals surface area contributed by atoms with E-state index in [4.69, 9.17) is 0 Å². The van der Waals surface area contributed by atoms with Crippen molar-refractivity contribution in [1.82, 2.24) is 16.0 Å². The summed E-state index contributed by atoms with van der Waals surface area (Å²) in [5, 5.41) is 17.2. The molecule has 0 aliphatic heterocycles. The molecule has 3 amide bonds. The number of carbonyl (C=O) groups is 4. The van der Waals surface area contributed by atoms with Gasteiger partial charge in [-0.05, 0) is 13.8 Å². The second kappa shape index (κ2) is 9.86. The van der Waals surface area contributed by atoms with Gasteiger partial charge in [0.2, 0.25) is 17.7 Å². The Morgan fingerprint density at radius 2 is 1.52 bits per heavy atom. The molecule has 0 heterocycles. The monoisotopic (exact) mass is 348 g/mol. The van der Waals surface area contributed by atoms with Gasteiger partial charge in [-0.15, -0.1) is 0 Å². The fraction of sp³-hybridized carbons (Fsp3) is 0.667. The highest BCUT2D eigenvalue weighted by atomic mass is 31.1. The molecule has 23 heavy (non-hydrogen) atoms. The van der Waals surface area contributed by atoms with Crippen molar-refractivity contribution in [2.75, 3.05) is 6.16 Å². The Balaban J connectivity index is 4.69. The van der Waals surface area contributed by atoms with Crippen molar-refractivity contribution in [3.8, 4) is 0 Å². The zero-order chi connectivity index (χ0) is 18.2. The average Bonchev–Trinajstić information content (AvgIpc) is 2.42. The Morgan fingerprint density at radius 1 is 1.00 bits per heavy atom. The van der Waals surface area contributed by atoms with Gasteiger partial charge in [0.25, 0.3) is 0 Å². The van der Waals surface area contributed by atoms with Gasteiger partial charge in [-0.2, -0.15) is 0 Å². The van der Waals surface area contributed by atoms with Gasteiger partial charge in [-0.1, -0.05) is 4.57 Å². The minimum Gasteiger partial charge on any atom is -0.596 e. The molecule has 0 spiro atoms. The molecule has 0 aromatic carbocycles. The van der Waals surface area contributed by atoms with Gasteiger partial charge in [-0.3, -0.25) is 14.4 Å². The van der Waals surface area contributed by atoms with Gasteiger partial charge < -0.3 is 30.7 Å². The van der Waals surface area contributed by atoms with Crippen molar-refractivity contribution in [2.24, 2.45) is 0 Å². The molecule has 0 rings (SSSR count). The van der Waals surface area contributed by atoms with Crippen molar-refractivity contribution < 1.29 is 33.7 Å². The number of amides is 3. The SMILES string of the molecule is CC(=O)N[C@@H](CC[P+](=O)[O-])C(=O)N[C@@H](C)C(=O)N[C@@H](C)C(=O)[O-]. The van der Waals surface area contributed by atoms with Crippen molar-refractivity contribution in [2.45, 2.75) is 45.3 Å². The molecule has 0 aliphatic carbocycles. The fourth-order valence-electron chi connectivity index (χ4n) is 1.53. The highest BCUT2D eigenvalue weighted by molar-refractivity contribution is 7.36. The van der Waals surface area contributed by atoms with Crippen LogP contribution in [-0.2, 0) is 23.7 Å². The first kappa shape index (κ1) is 20.9. The van der Waals surface area contributed by atoms with Gasteiger partial charge in [0, 0.05) is 13.3 Å². The fourth-order valence-corrected chi connectivity index (χ4v) is 1.99. The normalized spacial score (nSPS) is 14.9. The van der Waals surface area contributed by atoms with Crippen LogP contribution in [0.1, 0.15) is 27.2 Å². The number of rotatable bonds is 9. The van der Waals surface area contributed by atoms with E-state index >= 15 is 0 Å². The third-order valence-electron chi connectivity index (χ3n) is 2.76. The maximum atomic E-state index is 12.0. The highest BCUT2D eigenvalue weighted by Gasteiger charge is 2.25. The van der Waals surface area contributed by atoms with E-state index in [-0.39, 0.29) is 12.6 Å². The number of carboxylic acids is 1. The molecule has 0 aromatic rings. The lowest BCUT2D eigenvalue weighted by atomic mass is 10.2. The number of nitrogens with one attached hydrogen (secondary N) is 3. The van der Waals surface area contributed by atoms with Crippen LogP contribution in [0, 0.1) is 0 Å². The van der Waals surface area contributed by atoms with Crippen molar-refractivity contribution in [3.05, 3.63) is 0 Å². The molecule has 10 nitrogen and oxygen atoms in total. The van der Waals surface area contributed by atoms with Crippen LogP contribution >= 0.6 is 8.03 Å². The van der Waals surface area contributed by atoms with Crippen LogP contribution in [0.5, 0.6) is 0 Å². The summed E-state index contributed by atoms with van der Waals surface area (Å²) >= 11 is 0. The Labute approximate surface area is 133 Å². The van der Waals surface area contributed by atoms with Gasteiger partial charge >= 0.3 is 8.03 Å². The molecule has 3 N–H and O–H groups in total. The van der Waals surface area contributed by atoms with Gasteiger partial charge in [-0.25, -0.2) is 0 Å². The first-order valence-corrected chi connectivity index (χ1v) is 8.11. The lowest BCUT2D eigenvalue weighted by Gasteiger charge is -2.21. The van der Waals surface area contributed by atoms with E-state index in [0.717, 1.165) is 6.92 Å². The van der Waals surface area contributed by atoms with E-state index in [9.17, 15) is 33.7 Å². The maximum absolute atomic E-state index is 12.0. The first-order valence-electron chi connectivity index (χ1n) is 6.75. The lowest BCUT2D eigenvalue weighted by molar-refractivity contribution is -0.307. The molecular weight excluding hydrogens is 329 g/mol. The molecule has 130 valence electrons. The van der Waals surface area contributed by atoms with E-state index in [1.807, 2.05) is 0 Å². The Morgan fingerprint density at radius 3 is 1.96 bits per heavy atom. The Bertz CT molecular complexity index is 497. The number of carbonyl (C=O) groups excluding carboxylic acids is 4. The molecule has 0 fully saturated rings. The largest absolute Gasteiger partial charge is 0.596 e. The molecule has 4 atom stereocenters. The maximum Gasteiger partial charge on any atom is 0.308 e. The zero-order valence-corrected chi connectivity index (χ0v) is 13.8. The van der Waals surface area contributed by atoms with Crippen LogP contribution in [0.25, 0.3) is 0 Å². The summed E-state index contributed by atoms with van der Waals surface area (Å²) < 4.78 is 10.6. The van der Waals surface area contributed by atoms with Crippen LogP contribution in [0.4, 0.5) is 0 Å². The van der Waals surface area contributed by atoms with Crippen LogP contribution in [0.15, 0.2) is 0 Å². The third kappa shape index (κ3) is 8.84. The first-order chi connectivity index (χ1) is 10.5. The number of carboxylic acid groups (broad SMARTS) is 1. The summed E-state index contributed by atoms with van der Waals surface area (Å²) in [6.07, 6.45) is -0.454. The summed E-state index contributed by atoms with van der Waals surface area (Å²) in [6.45, 7) is 3.68. The van der Waals surface area contributed by atoms with Crippen LogP contribution in [0.2, 0.25) is 0 Å². The van der Waals surface area contributed by atoms with Crippen molar-refractivity contribution in [1.29, 1.82) is 0 Å². The zero-order valence-electron chi connectivity index (χ0n) is 13.0. The average molecular weight is 348 g/mol. The molecule has 0 saturated heterocycles. The second-order valence-corrected chi connectivity index (χ2v) is 5.99. The summed E-state index contributed by atoms with van der Waals surface area (Å²) in [7, 11) is -2.72. The number of aliphatic carboxylic acids is 1. The molecule has 0 aliphatic rings. The van der Waals surface area contributed by atoms with Crippen molar-refractivity contribution >= 4 is 31.7 Å². The van der Waals surface area contributed by atoms with E-state index in [1.54, 1.807) is 0 Å². The lowest BCUT2D eigenvalue weighted by Crippen LogP contribution is -2.55. The summed E-state index contributed by atoms with van der Waals surface area (Å²) in [6, 6.07) is -3.44. The van der Waals surface area contributed by atoms with Gasteiger partial charge in [0.05, 0.1) is 12.0 Å². The highest BCUT2D eigenvalue weighted by Crippen LogP contribution is 2.10. The van der Waals surface area contributed by atoms with Crippen molar-refractivity contribution in [3.63, 3.8) is 0 Å². The van der Waals surface area contributed by atoms with Crippen LogP contribution in [-0.4, -0.2) is 48.0 Å². The molecule has 0 aromatic heterocycles.